The second-order valence-corrected chi connectivity index (χ2v) is 13.0. The molecule has 0 aromatic carbocycles. The van der Waals surface area contributed by atoms with Gasteiger partial charge in [-0.15, -0.1) is 4.36 Å². The average Bonchev–Trinajstić information content (AvgIpc) is 3.55. The number of amides is 3. The van der Waals surface area contributed by atoms with Gasteiger partial charge in [-0.2, -0.15) is 5.10 Å². The van der Waals surface area contributed by atoms with Crippen LogP contribution >= 0.6 is 0 Å². The molecule has 38 heavy (non-hydrogen) atoms. The summed E-state index contributed by atoms with van der Waals surface area (Å²) in [5, 5.41) is 15.9. The first-order valence-corrected chi connectivity index (χ1v) is 14.5. The molecule has 0 bridgehead atoms. The van der Waals surface area contributed by atoms with Gasteiger partial charge in [-0.3, -0.25) is 4.98 Å². The highest BCUT2D eigenvalue weighted by atomic mass is 32.2. The van der Waals surface area contributed by atoms with Crippen molar-refractivity contribution in [2.75, 3.05) is 18.5 Å². The normalized spacial score (nSPS) is 21.4. The second kappa shape index (κ2) is 9.84. The molecule has 0 spiro atoms. The van der Waals surface area contributed by atoms with Crippen LogP contribution in [0.1, 0.15) is 69.0 Å². The molecule has 3 aliphatic rings. The lowest BCUT2D eigenvalue weighted by Crippen LogP contribution is -2.39. The molecular weight excluding hydrogens is 510 g/mol. The number of anilines is 1. The topological polar surface area (TPSA) is 163 Å². The van der Waals surface area contributed by atoms with Crippen LogP contribution in [0.25, 0.3) is 0 Å². The number of carbonyl (C=O) groups excluding carboxylic acids is 2. The maximum atomic E-state index is 13.4. The molecule has 0 saturated heterocycles. The number of nitrogens with one attached hydrogen (secondary N) is 2. The first kappa shape index (κ1) is 26.4. The lowest BCUT2D eigenvalue weighted by molar-refractivity contribution is 0.0502. The van der Waals surface area contributed by atoms with E-state index in [2.05, 4.69) is 27.0 Å². The summed E-state index contributed by atoms with van der Waals surface area (Å²) in [6.07, 6.45) is 5.33. The summed E-state index contributed by atoms with van der Waals surface area (Å²) in [7, 11) is -3.63. The van der Waals surface area contributed by atoms with E-state index in [9.17, 15) is 13.8 Å². The summed E-state index contributed by atoms with van der Waals surface area (Å²) < 4.78 is 29.9. The van der Waals surface area contributed by atoms with Crippen LogP contribution in [0.5, 0.6) is 5.88 Å². The highest BCUT2D eigenvalue weighted by molar-refractivity contribution is 7.91. The van der Waals surface area contributed by atoms with E-state index in [4.69, 9.17) is 19.6 Å². The van der Waals surface area contributed by atoms with Gasteiger partial charge in [0.1, 0.15) is 10.5 Å². The van der Waals surface area contributed by atoms with Gasteiger partial charge in [0, 0.05) is 23.9 Å². The Bertz CT molecular complexity index is 1400. The molecule has 3 amide bonds. The van der Waals surface area contributed by atoms with E-state index < -0.39 is 27.6 Å². The lowest BCUT2D eigenvalue weighted by Gasteiger charge is -2.26. The number of pyridine rings is 1. The number of urea groups is 1. The van der Waals surface area contributed by atoms with Crippen molar-refractivity contribution in [3.05, 3.63) is 28.7 Å². The third-order valence-corrected chi connectivity index (χ3v) is 8.34. The molecular formula is C25H35N7O5S. The molecule has 13 heteroatoms. The van der Waals surface area contributed by atoms with Crippen molar-refractivity contribution >= 4 is 27.7 Å². The maximum Gasteiger partial charge on any atom is 0.407 e. The summed E-state index contributed by atoms with van der Waals surface area (Å²) in [4.78, 5) is 29.9. The molecule has 3 heterocycles. The molecule has 12 nitrogen and oxygen atoms in total. The first-order valence-electron chi connectivity index (χ1n) is 13.0. The van der Waals surface area contributed by atoms with Crippen LogP contribution in [0.15, 0.2) is 15.5 Å². The Morgan fingerprint density at radius 2 is 2.08 bits per heavy atom. The Hall–Kier alpha value is -3.19. The zero-order valence-electron chi connectivity index (χ0n) is 22.2. The lowest BCUT2D eigenvalue weighted by atomic mass is 10.0. The Labute approximate surface area is 222 Å². The number of nitrogens with two attached hydrogens (primary N) is 1. The summed E-state index contributed by atoms with van der Waals surface area (Å²) in [6.45, 7) is 8.47. The zero-order valence-corrected chi connectivity index (χ0v) is 23.0. The van der Waals surface area contributed by atoms with E-state index in [-0.39, 0.29) is 23.3 Å². The smallest absolute Gasteiger partial charge is 0.407 e. The molecule has 3 unspecified atom stereocenters. The van der Waals surface area contributed by atoms with Crippen LogP contribution in [0.2, 0.25) is 0 Å². The Morgan fingerprint density at radius 3 is 2.84 bits per heavy atom. The van der Waals surface area contributed by atoms with Crippen molar-refractivity contribution in [3.63, 3.8) is 0 Å². The van der Waals surface area contributed by atoms with Crippen LogP contribution in [-0.4, -0.2) is 49.9 Å². The number of nitrogens with zero attached hydrogens (tertiary/aromatic N) is 4. The zero-order chi connectivity index (χ0) is 27.2. The molecule has 2 aromatic rings. The van der Waals surface area contributed by atoms with Crippen LogP contribution < -0.4 is 20.5 Å². The van der Waals surface area contributed by atoms with Gasteiger partial charge >= 0.3 is 12.1 Å². The quantitative estimate of drug-likeness (QED) is 0.531. The summed E-state index contributed by atoms with van der Waals surface area (Å²) >= 11 is 0. The van der Waals surface area contributed by atoms with Gasteiger partial charge in [-0.05, 0) is 69.9 Å². The predicted molar refractivity (Wildman–Crippen MR) is 140 cm³/mol. The van der Waals surface area contributed by atoms with Crippen molar-refractivity contribution in [1.82, 2.24) is 20.1 Å². The number of hydrogen-bond donors (Lipinski definition) is 3. The first-order chi connectivity index (χ1) is 17.9. The molecule has 5 rings (SSSR count). The highest BCUT2D eigenvalue weighted by Gasteiger charge is 2.31. The minimum Gasteiger partial charge on any atom is -0.476 e. The van der Waals surface area contributed by atoms with Gasteiger partial charge in [0.05, 0.1) is 25.0 Å². The molecule has 1 aliphatic heterocycles. The molecule has 4 N–H and O–H groups in total. The van der Waals surface area contributed by atoms with Gasteiger partial charge in [-0.1, -0.05) is 6.92 Å². The molecule has 3 atom stereocenters. The van der Waals surface area contributed by atoms with Crippen LogP contribution in [0.3, 0.4) is 0 Å². The monoisotopic (exact) mass is 545 g/mol. The van der Waals surface area contributed by atoms with E-state index in [1.807, 2.05) is 0 Å². The van der Waals surface area contributed by atoms with E-state index in [1.165, 1.54) is 10.9 Å². The Morgan fingerprint density at radius 1 is 1.29 bits per heavy atom. The summed E-state index contributed by atoms with van der Waals surface area (Å²) in [6, 6.07) is -0.769. The molecule has 0 radical (unpaired) electrons. The van der Waals surface area contributed by atoms with Gasteiger partial charge in [0.15, 0.2) is 9.92 Å². The van der Waals surface area contributed by atoms with Gasteiger partial charge in [-0.25, -0.2) is 23.6 Å². The van der Waals surface area contributed by atoms with E-state index in [0.717, 1.165) is 60.3 Å². The largest absolute Gasteiger partial charge is 0.476 e. The van der Waals surface area contributed by atoms with E-state index in [0.29, 0.717) is 19.0 Å². The van der Waals surface area contributed by atoms with Gasteiger partial charge in [0.2, 0.25) is 5.88 Å². The maximum absolute atomic E-state index is 13.4. The van der Waals surface area contributed by atoms with E-state index >= 15 is 0 Å². The number of carbonyl (C=O) groups is 2. The van der Waals surface area contributed by atoms with Crippen molar-refractivity contribution in [2.45, 2.75) is 82.8 Å². The van der Waals surface area contributed by atoms with E-state index in [1.54, 1.807) is 20.8 Å². The van der Waals surface area contributed by atoms with Crippen molar-refractivity contribution in [3.8, 4) is 5.88 Å². The number of alkyl carbamates (subject to hydrolysis) is 1. The van der Waals surface area contributed by atoms with Crippen LogP contribution in [0.4, 0.5) is 15.3 Å². The predicted octanol–water partition coefficient (Wildman–Crippen LogP) is 3.28. The minimum absolute atomic E-state index is 0.0602. The molecule has 2 aromatic heterocycles. The molecule has 206 valence electrons. The number of aromatic nitrogens is 3. The molecule has 2 aliphatic carbocycles. The Balaban J connectivity index is 1.30. The van der Waals surface area contributed by atoms with Crippen LogP contribution in [0, 0.1) is 5.92 Å². The van der Waals surface area contributed by atoms with Gasteiger partial charge in [0.25, 0.3) is 0 Å². The SMILES string of the molecule is CC1CCc2c1nc1c(c2NC(=O)N=S(N)(=O)c2cnn3c2OCC(CNC(=O)OC(C)(C)C)C3)CCC1. The number of rotatable bonds is 4. The summed E-state index contributed by atoms with van der Waals surface area (Å²) in [5.41, 5.74) is 4.30. The summed E-state index contributed by atoms with van der Waals surface area (Å²) in [5.74, 6) is 0.457. The average molecular weight is 546 g/mol. The van der Waals surface area contributed by atoms with Gasteiger partial charge < -0.3 is 20.1 Å². The fraction of sp³-hybridized carbons (Fsp3) is 0.600. The third-order valence-electron chi connectivity index (χ3n) is 7.00. The molecule has 0 saturated carbocycles. The highest BCUT2D eigenvalue weighted by Crippen LogP contribution is 2.41. The Kier molecular flexibility index (Phi) is 6.84. The third kappa shape index (κ3) is 5.35. The minimum atomic E-state index is -3.63. The van der Waals surface area contributed by atoms with Crippen LogP contribution in [-0.2, 0) is 40.5 Å². The van der Waals surface area contributed by atoms with Crippen molar-refractivity contribution < 1.29 is 23.3 Å². The number of hydrogen-bond acceptors (Lipinski definition) is 7. The fourth-order valence-corrected chi connectivity index (χ4v) is 6.25. The standard InChI is InChI=1S/C25H35N7O5S/c1-14-8-9-17-20(14)29-18-7-5-6-16(18)21(17)30-23(33)31-38(26,35)19-11-28-32-12-15(13-36-22(19)32)10-27-24(34)37-25(2,3)4/h11,14-15H,5-10,12-13H2,1-4H3,(H,27,34)(H3,26,29,30,31,33,35). The number of fused-ring (bicyclic) bond motifs is 3. The molecule has 0 fully saturated rings. The van der Waals surface area contributed by atoms with Crippen molar-refractivity contribution in [2.24, 2.45) is 15.4 Å². The fourth-order valence-electron chi connectivity index (χ4n) is 5.25. The number of ether oxygens (including phenoxy) is 2. The number of aryl methyl sites for hydroxylation is 1. The second-order valence-electron chi connectivity index (χ2n) is 11.2. The van der Waals surface area contributed by atoms with Crippen molar-refractivity contribution in [1.29, 1.82) is 0 Å².